The molecule has 1 atom stereocenters. The van der Waals surface area contributed by atoms with Gasteiger partial charge in [-0.15, -0.1) is 0 Å². The van der Waals surface area contributed by atoms with Gasteiger partial charge in [0, 0.05) is 24.6 Å². The van der Waals surface area contributed by atoms with Crippen LogP contribution in [0.3, 0.4) is 0 Å². The van der Waals surface area contributed by atoms with Crippen molar-refractivity contribution < 1.29 is 19.4 Å². The maximum absolute atomic E-state index is 11.9. The Morgan fingerprint density at radius 1 is 1.24 bits per heavy atom. The third-order valence-electron chi connectivity index (χ3n) is 3.61. The lowest BCUT2D eigenvalue weighted by molar-refractivity contribution is -0.143. The molecule has 0 amide bonds. The Morgan fingerprint density at radius 3 is 2.19 bits per heavy atom. The van der Waals surface area contributed by atoms with Gasteiger partial charge in [0.25, 0.3) is 0 Å². The van der Waals surface area contributed by atoms with E-state index in [0.29, 0.717) is 17.1 Å². The summed E-state index contributed by atoms with van der Waals surface area (Å²) in [6.45, 7) is 3.44. The number of benzene rings is 1. The summed E-state index contributed by atoms with van der Waals surface area (Å²) in [5, 5.41) is 9.73. The van der Waals surface area contributed by atoms with Crippen molar-refractivity contribution in [3.63, 3.8) is 0 Å². The average Bonchev–Trinajstić information content (AvgIpc) is 2.49. The van der Waals surface area contributed by atoms with E-state index in [-0.39, 0.29) is 0 Å². The van der Waals surface area contributed by atoms with Crippen LogP contribution in [0.4, 0.5) is 0 Å². The van der Waals surface area contributed by atoms with Gasteiger partial charge in [0.15, 0.2) is 0 Å². The molecule has 6 heteroatoms. The standard InChI is InChI=1S/C15H21NO4S/c1-10-8-11(19-2)13(12(9-10)20-3)14(15(17)18)16-4-6-21-7-5-16/h8-9,14H,4-7H2,1-3H3,(H,17,18)/t14-/m1/s1. The Morgan fingerprint density at radius 2 is 1.76 bits per heavy atom. The molecule has 1 aromatic carbocycles. The van der Waals surface area contributed by atoms with Crippen molar-refractivity contribution in [3.8, 4) is 11.5 Å². The number of methoxy groups -OCH3 is 2. The number of hydrogen-bond donors (Lipinski definition) is 1. The summed E-state index contributed by atoms with van der Waals surface area (Å²) in [7, 11) is 3.12. The largest absolute Gasteiger partial charge is 0.496 e. The van der Waals surface area contributed by atoms with E-state index >= 15 is 0 Å². The summed E-state index contributed by atoms with van der Waals surface area (Å²) in [6.07, 6.45) is 0. The van der Waals surface area contributed by atoms with Crippen LogP contribution in [-0.4, -0.2) is 54.8 Å². The maximum atomic E-state index is 11.9. The van der Waals surface area contributed by atoms with E-state index in [2.05, 4.69) is 0 Å². The smallest absolute Gasteiger partial charge is 0.325 e. The van der Waals surface area contributed by atoms with Gasteiger partial charge in [0.2, 0.25) is 0 Å². The molecule has 1 aromatic rings. The van der Waals surface area contributed by atoms with Crippen LogP contribution < -0.4 is 9.47 Å². The lowest BCUT2D eigenvalue weighted by Gasteiger charge is -2.33. The normalized spacial score (nSPS) is 17.3. The Balaban J connectivity index is 2.50. The molecule has 0 bridgehead atoms. The van der Waals surface area contributed by atoms with Crippen LogP contribution in [0.1, 0.15) is 17.2 Å². The monoisotopic (exact) mass is 311 g/mol. The molecular weight excluding hydrogens is 290 g/mol. The summed E-state index contributed by atoms with van der Waals surface area (Å²) in [6, 6.07) is 2.97. The molecule has 5 nitrogen and oxygen atoms in total. The van der Waals surface area contributed by atoms with Gasteiger partial charge in [-0.3, -0.25) is 9.69 Å². The van der Waals surface area contributed by atoms with E-state index in [1.54, 1.807) is 14.2 Å². The van der Waals surface area contributed by atoms with Gasteiger partial charge in [-0.25, -0.2) is 0 Å². The number of carbonyl (C=O) groups is 1. The fraction of sp³-hybridized carbons (Fsp3) is 0.533. The fourth-order valence-electron chi connectivity index (χ4n) is 2.64. The van der Waals surface area contributed by atoms with Crippen LogP contribution in [-0.2, 0) is 4.79 Å². The van der Waals surface area contributed by atoms with E-state index in [1.165, 1.54) is 0 Å². The molecule has 2 rings (SSSR count). The Labute approximate surface area is 129 Å². The lowest BCUT2D eigenvalue weighted by atomic mass is 10.0. The first-order valence-corrected chi connectivity index (χ1v) is 8.01. The third kappa shape index (κ3) is 3.44. The molecular formula is C15H21NO4S. The highest BCUT2D eigenvalue weighted by molar-refractivity contribution is 7.99. The molecule has 1 heterocycles. The molecule has 0 aromatic heterocycles. The second-order valence-corrected chi connectivity index (χ2v) is 6.20. The van der Waals surface area contributed by atoms with Crippen molar-refractivity contribution in [1.29, 1.82) is 0 Å². The molecule has 0 unspecified atom stereocenters. The number of carboxylic acid groups (broad SMARTS) is 1. The van der Waals surface area contributed by atoms with E-state index < -0.39 is 12.0 Å². The Kier molecular flexibility index (Phi) is 5.36. The number of thioether (sulfide) groups is 1. The molecule has 1 saturated heterocycles. The molecule has 0 saturated carbocycles. The van der Waals surface area contributed by atoms with Crippen LogP contribution in [0.15, 0.2) is 12.1 Å². The van der Waals surface area contributed by atoms with E-state index in [9.17, 15) is 9.90 Å². The minimum absolute atomic E-state index is 0.567. The fourth-order valence-corrected chi connectivity index (χ4v) is 3.57. The number of nitrogens with zero attached hydrogens (tertiary/aromatic N) is 1. The van der Waals surface area contributed by atoms with Crippen LogP contribution in [0.5, 0.6) is 11.5 Å². The van der Waals surface area contributed by atoms with E-state index in [4.69, 9.17) is 9.47 Å². The molecule has 1 aliphatic heterocycles. The third-order valence-corrected chi connectivity index (χ3v) is 4.55. The Hall–Kier alpha value is -1.40. The van der Waals surface area contributed by atoms with Gasteiger partial charge in [0.05, 0.1) is 19.8 Å². The molecule has 1 fully saturated rings. The quantitative estimate of drug-likeness (QED) is 0.899. The minimum atomic E-state index is -0.873. The van der Waals surface area contributed by atoms with Gasteiger partial charge >= 0.3 is 5.97 Å². The first-order chi connectivity index (χ1) is 10.1. The molecule has 116 valence electrons. The first kappa shape index (κ1) is 16.0. The number of aryl methyl sites for hydroxylation is 1. The molecule has 0 spiro atoms. The lowest BCUT2D eigenvalue weighted by Crippen LogP contribution is -2.40. The van der Waals surface area contributed by atoms with Crippen molar-refractivity contribution in [2.75, 3.05) is 38.8 Å². The predicted molar refractivity (Wildman–Crippen MR) is 83.6 cm³/mol. The number of carboxylic acids is 1. The molecule has 21 heavy (non-hydrogen) atoms. The van der Waals surface area contributed by atoms with Gasteiger partial charge in [-0.1, -0.05) is 0 Å². The number of hydrogen-bond acceptors (Lipinski definition) is 5. The zero-order valence-electron chi connectivity index (χ0n) is 12.6. The average molecular weight is 311 g/mol. The zero-order valence-corrected chi connectivity index (χ0v) is 13.4. The number of ether oxygens (including phenoxy) is 2. The zero-order chi connectivity index (χ0) is 15.4. The molecule has 1 aliphatic rings. The molecule has 1 N–H and O–H groups in total. The van der Waals surface area contributed by atoms with Gasteiger partial charge in [-0.05, 0) is 24.6 Å². The van der Waals surface area contributed by atoms with Crippen LogP contribution in [0, 0.1) is 6.92 Å². The van der Waals surface area contributed by atoms with Crippen molar-refractivity contribution in [2.24, 2.45) is 0 Å². The summed E-state index contributed by atoms with van der Waals surface area (Å²) < 4.78 is 10.8. The minimum Gasteiger partial charge on any atom is -0.496 e. The van der Waals surface area contributed by atoms with Crippen molar-refractivity contribution in [1.82, 2.24) is 4.90 Å². The van der Waals surface area contributed by atoms with Gasteiger partial charge in [0.1, 0.15) is 17.5 Å². The number of aliphatic carboxylic acids is 1. The molecule has 0 aliphatic carbocycles. The topological polar surface area (TPSA) is 59.0 Å². The van der Waals surface area contributed by atoms with Crippen LogP contribution in [0.25, 0.3) is 0 Å². The summed E-state index contributed by atoms with van der Waals surface area (Å²) in [5.74, 6) is 2.15. The predicted octanol–water partition coefficient (Wildman–Crippen LogP) is 2.19. The van der Waals surface area contributed by atoms with Crippen molar-refractivity contribution >= 4 is 17.7 Å². The van der Waals surface area contributed by atoms with Crippen molar-refractivity contribution in [3.05, 3.63) is 23.3 Å². The molecule has 0 radical (unpaired) electrons. The highest BCUT2D eigenvalue weighted by atomic mass is 32.2. The summed E-state index contributed by atoms with van der Waals surface area (Å²) in [5.41, 5.74) is 1.58. The van der Waals surface area contributed by atoms with E-state index in [0.717, 1.165) is 30.2 Å². The van der Waals surface area contributed by atoms with E-state index in [1.807, 2.05) is 35.7 Å². The second-order valence-electron chi connectivity index (χ2n) is 4.97. The highest BCUT2D eigenvalue weighted by Crippen LogP contribution is 2.39. The summed E-state index contributed by atoms with van der Waals surface area (Å²) >= 11 is 1.85. The van der Waals surface area contributed by atoms with Crippen LogP contribution >= 0.6 is 11.8 Å². The maximum Gasteiger partial charge on any atom is 0.325 e. The summed E-state index contributed by atoms with van der Waals surface area (Å²) in [4.78, 5) is 13.8. The van der Waals surface area contributed by atoms with Crippen LogP contribution in [0.2, 0.25) is 0 Å². The second kappa shape index (κ2) is 7.04. The van der Waals surface area contributed by atoms with Crippen molar-refractivity contribution in [2.45, 2.75) is 13.0 Å². The Bertz CT molecular complexity index is 489. The van der Waals surface area contributed by atoms with Gasteiger partial charge in [-0.2, -0.15) is 11.8 Å². The number of rotatable bonds is 5. The first-order valence-electron chi connectivity index (χ1n) is 6.85. The highest BCUT2D eigenvalue weighted by Gasteiger charge is 2.33. The van der Waals surface area contributed by atoms with Gasteiger partial charge < -0.3 is 14.6 Å². The SMILES string of the molecule is COc1cc(C)cc(OC)c1[C@H](C(=O)O)N1CCSCC1.